The van der Waals surface area contributed by atoms with Gasteiger partial charge in [-0.25, -0.2) is 0 Å². The zero-order chi connectivity index (χ0) is 22.1. The van der Waals surface area contributed by atoms with Crippen LogP contribution < -0.4 is 5.32 Å². The van der Waals surface area contributed by atoms with Crippen LogP contribution in [0.1, 0.15) is 12.8 Å². The Kier molecular flexibility index (Phi) is 23.3. The molecule has 0 aliphatic carbocycles. The molecule has 0 saturated carbocycles. The highest BCUT2D eigenvalue weighted by Crippen LogP contribution is 2.06. The first-order valence-electron chi connectivity index (χ1n) is 11.4. The number of hydrogen-bond acceptors (Lipinski definition) is 9. The van der Waals surface area contributed by atoms with E-state index >= 15 is 0 Å². The van der Waals surface area contributed by atoms with Gasteiger partial charge in [0.1, 0.15) is 0 Å². The highest BCUT2D eigenvalue weighted by molar-refractivity contribution is 9.09. The number of hydrogen-bond donors (Lipinski definition) is 1. The van der Waals surface area contributed by atoms with E-state index in [2.05, 4.69) is 21.2 Å². The third-order valence-corrected chi connectivity index (χ3v) is 4.64. The zero-order valence-corrected chi connectivity index (χ0v) is 20.4. The SMILES string of the molecule is BrCCOCCOCCOCCOCCOCCOCCOCCOC1CCNCC1. The van der Waals surface area contributed by atoms with Crippen molar-refractivity contribution in [3.63, 3.8) is 0 Å². The maximum Gasteiger partial charge on any atom is 0.0704 e. The Balaban J connectivity index is 1.62. The standard InChI is InChI=1S/C21H42BrNO8/c22-3-6-24-7-8-25-9-10-26-11-12-27-13-14-28-15-16-29-17-18-30-19-20-31-21-1-4-23-5-2-21/h21,23H,1-20H2. The van der Waals surface area contributed by atoms with Crippen LogP contribution in [0.2, 0.25) is 0 Å². The molecule has 1 heterocycles. The van der Waals surface area contributed by atoms with E-state index in [9.17, 15) is 0 Å². The van der Waals surface area contributed by atoms with Gasteiger partial charge in [-0.3, -0.25) is 0 Å². The fourth-order valence-corrected chi connectivity index (χ4v) is 2.94. The van der Waals surface area contributed by atoms with Gasteiger partial charge in [-0.2, -0.15) is 0 Å². The van der Waals surface area contributed by atoms with Gasteiger partial charge in [0.05, 0.1) is 105 Å². The molecular weight excluding hydrogens is 474 g/mol. The van der Waals surface area contributed by atoms with Crippen LogP contribution in [0.3, 0.4) is 0 Å². The van der Waals surface area contributed by atoms with Crippen LogP contribution in [0.5, 0.6) is 0 Å². The molecule has 31 heavy (non-hydrogen) atoms. The van der Waals surface area contributed by atoms with Crippen LogP contribution in [0.4, 0.5) is 0 Å². The number of halogens is 1. The molecule has 10 heteroatoms. The fourth-order valence-electron chi connectivity index (χ4n) is 2.71. The minimum Gasteiger partial charge on any atom is -0.378 e. The van der Waals surface area contributed by atoms with Gasteiger partial charge >= 0.3 is 0 Å². The summed E-state index contributed by atoms with van der Waals surface area (Å²) in [5.74, 6) is 0. The second-order valence-corrected chi connectivity index (χ2v) is 7.59. The molecular formula is C21H42BrNO8. The lowest BCUT2D eigenvalue weighted by Gasteiger charge is -2.22. The topological polar surface area (TPSA) is 85.9 Å². The number of alkyl halides is 1. The van der Waals surface area contributed by atoms with E-state index in [0.29, 0.717) is 105 Å². The van der Waals surface area contributed by atoms with Crippen LogP contribution in [0.15, 0.2) is 0 Å². The van der Waals surface area contributed by atoms with E-state index < -0.39 is 0 Å². The molecule has 1 rings (SSSR count). The van der Waals surface area contributed by atoms with E-state index in [0.717, 1.165) is 31.3 Å². The molecule has 0 unspecified atom stereocenters. The van der Waals surface area contributed by atoms with E-state index in [1.54, 1.807) is 0 Å². The molecule has 1 fully saturated rings. The molecule has 0 radical (unpaired) electrons. The molecule has 1 saturated heterocycles. The average molecular weight is 516 g/mol. The lowest BCUT2D eigenvalue weighted by molar-refractivity contribution is -0.0312. The van der Waals surface area contributed by atoms with Gasteiger partial charge < -0.3 is 43.2 Å². The normalized spacial score (nSPS) is 15.0. The predicted molar refractivity (Wildman–Crippen MR) is 121 cm³/mol. The van der Waals surface area contributed by atoms with Gasteiger partial charge in [-0.15, -0.1) is 0 Å². The average Bonchev–Trinajstić information content (AvgIpc) is 2.80. The summed E-state index contributed by atoms with van der Waals surface area (Å²) in [6, 6.07) is 0. The molecule has 0 amide bonds. The maximum atomic E-state index is 5.77. The van der Waals surface area contributed by atoms with Gasteiger partial charge in [0.25, 0.3) is 0 Å². The van der Waals surface area contributed by atoms with Crippen LogP contribution >= 0.6 is 15.9 Å². The van der Waals surface area contributed by atoms with Crippen molar-refractivity contribution in [1.29, 1.82) is 0 Å². The van der Waals surface area contributed by atoms with Crippen LogP contribution in [0.25, 0.3) is 0 Å². The van der Waals surface area contributed by atoms with Crippen LogP contribution in [0, 0.1) is 0 Å². The van der Waals surface area contributed by atoms with E-state index in [-0.39, 0.29) is 0 Å². The Labute approximate surface area is 195 Å². The number of piperidine rings is 1. The van der Waals surface area contributed by atoms with E-state index in [4.69, 9.17) is 37.9 Å². The highest BCUT2D eigenvalue weighted by Gasteiger charge is 2.12. The van der Waals surface area contributed by atoms with Crippen molar-refractivity contribution in [3.8, 4) is 0 Å². The Morgan fingerprint density at radius 3 is 1.16 bits per heavy atom. The molecule has 0 aromatic rings. The summed E-state index contributed by atoms with van der Waals surface area (Å²) in [7, 11) is 0. The molecule has 9 nitrogen and oxygen atoms in total. The Morgan fingerprint density at radius 1 is 0.484 bits per heavy atom. The van der Waals surface area contributed by atoms with Crippen molar-refractivity contribution in [3.05, 3.63) is 0 Å². The van der Waals surface area contributed by atoms with Gasteiger partial charge in [-0.05, 0) is 25.9 Å². The summed E-state index contributed by atoms with van der Waals surface area (Å²) in [6.07, 6.45) is 2.56. The summed E-state index contributed by atoms with van der Waals surface area (Å²) in [6.45, 7) is 10.8. The predicted octanol–water partition coefficient (Wildman–Crippen LogP) is 1.27. The fraction of sp³-hybridized carbons (Fsp3) is 1.00. The van der Waals surface area contributed by atoms with Crippen molar-refractivity contribution in [2.24, 2.45) is 0 Å². The summed E-state index contributed by atoms with van der Waals surface area (Å²) in [5.41, 5.74) is 0. The van der Waals surface area contributed by atoms with Crippen molar-refractivity contribution in [2.75, 3.05) is 118 Å². The van der Waals surface area contributed by atoms with Gasteiger partial charge in [-0.1, -0.05) is 15.9 Å². The van der Waals surface area contributed by atoms with E-state index in [1.165, 1.54) is 0 Å². The lowest BCUT2D eigenvalue weighted by Crippen LogP contribution is -2.33. The number of nitrogens with one attached hydrogen (secondary N) is 1. The monoisotopic (exact) mass is 515 g/mol. The minimum absolute atomic E-state index is 0.383. The molecule has 186 valence electrons. The summed E-state index contributed by atoms with van der Waals surface area (Å²) in [4.78, 5) is 0. The van der Waals surface area contributed by atoms with Gasteiger partial charge in [0.2, 0.25) is 0 Å². The second-order valence-electron chi connectivity index (χ2n) is 6.80. The molecule has 0 spiro atoms. The molecule has 1 aliphatic heterocycles. The molecule has 1 aliphatic rings. The third-order valence-electron chi connectivity index (χ3n) is 4.32. The quantitative estimate of drug-likeness (QED) is 0.151. The summed E-state index contributed by atoms with van der Waals surface area (Å²) >= 11 is 3.30. The maximum absolute atomic E-state index is 5.77. The molecule has 1 N–H and O–H groups in total. The van der Waals surface area contributed by atoms with Gasteiger partial charge in [0.15, 0.2) is 0 Å². The second kappa shape index (κ2) is 24.8. The number of ether oxygens (including phenoxy) is 8. The van der Waals surface area contributed by atoms with E-state index in [1.807, 2.05) is 0 Å². The Hall–Kier alpha value is 0.120. The summed E-state index contributed by atoms with van der Waals surface area (Å²) < 4.78 is 43.7. The highest BCUT2D eigenvalue weighted by atomic mass is 79.9. The van der Waals surface area contributed by atoms with Crippen molar-refractivity contribution >= 4 is 15.9 Å². The largest absolute Gasteiger partial charge is 0.378 e. The van der Waals surface area contributed by atoms with Crippen molar-refractivity contribution in [1.82, 2.24) is 5.32 Å². The lowest BCUT2D eigenvalue weighted by atomic mass is 10.1. The van der Waals surface area contributed by atoms with Crippen LogP contribution in [-0.2, 0) is 37.9 Å². The Morgan fingerprint density at radius 2 is 0.806 bits per heavy atom. The molecule has 0 aromatic carbocycles. The molecule has 0 aromatic heterocycles. The van der Waals surface area contributed by atoms with Crippen LogP contribution in [-0.4, -0.2) is 124 Å². The Bertz CT molecular complexity index is 351. The first kappa shape index (κ1) is 29.2. The third kappa shape index (κ3) is 21.7. The first-order chi connectivity index (χ1) is 15.4. The first-order valence-corrected chi connectivity index (χ1v) is 12.5. The van der Waals surface area contributed by atoms with Crippen molar-refractivity contribution < 1.29 is 37.9 Å². The summed E-state index contributed by atoms with van der Waals surface area (Å²) in [5, 5.41) is 4.17. The zero-order valence-electron chi connectivity index (χ0n) is 18.9. The number of rotatable bonds is 24. The smallest absolute Gasteiger partial charge is 0.0704 e. The molecule has 0 bridgehead atoms. The minimum atomic E-state index is 0.383. The molecule has 0 atom stereocenters. The van der Waals surface area contributed by atoms with Gasteiger partial charge in [0, 0.05) is 5.33 Å². The van der Waals surface area contributed by atoms with Crippen molar-refractivity contribution in [2.45, 2.75) is 18.9 Å².